The summed E-state index contributed by atoms with van der Waals surface area (Å²) in [6.07, 6.45) is 0.913. The first-order chi connectivity index (χ1) is 9.30. The topological polar surface area (TPSA) is 30.5 Å². The zero-order valence-corrected chi connectivity index (χ0v) is 12.3. The lowest BCUT2D eigenvalue weighted by atomic mass is 9.98. The maximum Gasteiger partial charge on any atom is 0.127 e. The zero-order chi connectivity index (χ0) is 13.7. The smallest absolute Gasteiger partial charge is 0.127 e. The molecule has 0 fully saturated rings. The van der Waals surface area contributed by atoms with E-state index in [4.69, 9.17) is 9.47 Å². The summed E-state index contributed by atoms with van der Waals surface area (Å²) in [4.78, 5) is 0. The van der Waals surface area contributed by atoms with Crippen LogP contribution in [-0.4, -0.2) is 21.3 Å². The summed E-state index contributed by atoms with van der Waals surface area (Å²) in [5.74, 6) is 1.71. The molecule has 1 aromatic heterocycles. The predicted molar refractivity (Wildman–Crippen MR) is 79.4 cm³/mol. The second-order valence-electron chi connectivity index (χ2n) is 4.25. The van der Waals surface area contributed by atoms with Crippen LogP contribution in [0.3, 0.4) is 0 Å². The second kappa shape index (κ2) is 6.59. The molecular formula is C15H19NO2S. The number of likely N-dealkylation sites (N-methyl/N-ethyl adjacent to an activating group) is 1. The van der Waals surface area contributed by atoms with Gasteiger partial charge in [-0.2, -0.15) is 11.3 Å². The second-order valence-corrected chi connectivity index (χ2v) is 5.03. The monoisotopic (exact) mass is 277 g/mol. The van der Waals surface area contributed by atoms with Crippen molar-refractivity contribution in [3.63, 3.8) is 0 Å². The molecule has 1 aromatic carbocycles. The Kier molecular flexibility index (Phi) is 4.82. The Labute approximate surface area is 118 Å². The molecule has 0 bridgehead atoms. The molecule has 1 atom stereocenters. The average Bonchev–Trinajstić information content (AvgIpc) is 2.97. The van der Waals surface area contributed by atoms with E-state index in [1.165, 1.54) is 5.56 Å². The number of methoxy groups -OCH3 is 2. The molecule has 19 heavy (non-hydrogen) atoms. The van der Waals surface area contributed by atoms with Crippen LogP contribution in [0.25, 0.3) is 0 Å². The largest absolute Gasteiger partial charge is 0.496 e. The lowest BCUT2D eigenvalue weighted by molar-refractivity contribution is 0.373. The molecular weight excluding hydrogens is 258 g/mol. The summed E-state index contributed by atoms with van der Waals surface area (Å²) in [5, 5.41) is 7.62. The van der Waals surface area contributed by atoms with Gasteiger partial charge in [-0.3, -0.25) is 0 Å². The summed E-state index contributed by atoms with van der Waals surface area (Å²) in [6, 6.07) is 8.20. The normalized spacial score (nSPS) is 12.2. The Bertz CT molecular complexity index is 489. The van der Waals surface area contributed by atoms with E-state index in [1.54, 1.807) is 25.6 Å². The highest BCUT2D eigenvalue weighted by molar-refractivity contribution is 7.07. The minimum atomic E-state index is 0.167. The molecule has 102 valence electrons. The van der Waals surface area contributed by atoms with Crippen molar-refractivity contribution in [2.24, 2.45) is 0 Å². The van der Waals surface area contributed by atoms with E-state index >= 15 is 0 Å². The first kappa shape index (κ1) is 13.9. The van der Waals surface area contributed by atoms with Crippen molar-refractivity contribution in [1.29, 1.82) is 0 Å². The maximum atomic E-state index is 5.47. The fourth-order valence-electron chi connectivity index (χ4n) is 2.22. The van der Waals surface area contributed by atoms with Gasteiger partial charge in [0, 0.05) is 6.04 Å². The van der Waals surface area contributed by atoms with Crippen molar-refractivity contribution in [2.75, 3.05) is 21.3 Å². The van der Waals surface area contributed by atoms with Crippen molar-refractivity contribution in [3.8, 4) is 11.5 Å². The van der Waals surface area contributed by atoms with Crippen molar-refractivity contribution in [3.05, 3.63) is 46.2 Å². The molecule has 2 aromatic rings. The van der Waals surface area contributed by atoms with Crippen LogP contribution in [-0.2, 0) is 6.42 Å². The first-order valence-electron chi connectivity index (χ1n) is 6.19. The fourth-order valence-corrected chi connectivity index (χ4v) is 2.90. The third kappa shape index (κ3) is 3.08. The minimum absolute atomic E-state index is 0.167. The van der Waals surface area contributed by atoms with Crippen LogP contribution in [0.15, 0.2) is 35.0 Å². The summed E-state index contributed by atoms with van der Waals surface area (Å²) in [5.41, 5.74) is 2.39. The Morgan fingerprint density at radius 1 is 1.16 bits per heavy atom. The number of benzene rings is 1. The van der Waals surface area contributed by atoms with Crippen LogP contribution < -0.4 is 14.8 Å². The van der Waals surface area contributed by atoms with Crippen molar-refractivity contribution < 1.29 is 9.47 Å². The summed E-state index contributed by atoms with van der Waals surface area (Å²) < 4.78 is 10.9. The zero-order valence-electron chi connectivity index (χ0n) is 11.5. The number of hydrogen-bond acceptors (Lipinski definition) is 4. The maximum absolute atomic E-state index is 5.47. The molecule has 0 radical (unpaired) electrons. The third-order valence-electron chi connectivity index (χ3n) is 3.18. The predicted octanol–water partition coefficient (Wildman–Crippen LogP) is 3.27. The highest BCUT2D eigenvalue weighted by atomic mass is 32.1. The number of nitrogens with one attached hydrogen (secondary N) is 1. The molecule has 1 N–H and O–H groups in total. The highest BCUT2D eigenvalue weighted by Crippen LogP contribution is 2.35. The molecule has 4 heteroatoms. The van der Waals surface area contributed by atoms with Crippen molar-refractivity contribution in [2.45, 2.75) is 12.5 Å². The summed E-state index contributed by atoms with van der Waals surface area (Å²) in [6.45, 7) is 0. The summed E-state index contributed by atoms with van der Waals surface area (Å²) in [7, 11) is 5.34. The van der Waals surface area contributed by atoms with E-state index in [0.29, 0.717) is 0 Å². The van der Waals surface area contributed by atoms with Gasteiger partial charge < -0.3 is 14.8 Å². The molecule has 3 nitrogen and oxygen atoms in total. The van der Waals surface area contributed by atoms with Crippen LogP contribution >= 0.6 is 11.3 Å². The Hall–Kier alpha value is -1.52. The molecule has 0 amide bonds. The SMILES string of the molecule is CNC(Cc1ccsc1)c1c(OC)cccc1OC. The van der Waals surface area contributed by atoms with Crippen LogP contribution in [0.4, 0.5) is 0 Å². The van der Waals surface area contributed by atoms with E-state index in [1.807, 2.05) is 25.2 Å². The number of thiophene rings is 1. The standard InChI is InChI=1S/C15H19NO2S/c1-16-12(9-11-7-8-19-10-11)15-13(17-2)5-4-6-14(15)18-3/h4-8,10,12,16H,9H2,1-3H3. The van der Waals surface area contributed by atoms with Crippen molar-refractivity contribution in [1.82, 2.24) is 5.32 Å². The summed E-state index contributed by atoms with van der Waals surface area (Å²) >= 11 is 1.72. The molecule has 0 aliphatic heterocycles. The Morgan fingerprint density at radius 2 is 1.84 bits per heavy atom. The highest BCUT2D eigenvalue weighted by Gasteiger charge is 2.19. The molecule has 0 aliphatic rings. The van der Waals surface area contributed by atoms with Gasteiger partial charge in [0.2, 0.25) is 0 Å². The van der Waals surface area contributed by atoms with Gasteiger partial charge in [0.05, 0.1) is 19.8 Å². The molecule has 0 spiro atoms. The fraction of sp³-hybridized carbons (Fsp3) is 0.333. The lowest BCUT2D eigenvalue weighted by Crippen LogP contribution is -2.20. The van der Waals surface area contributed by atoms with Gasteiger partial charge in [-0.15, -0.1) is 0 Å². The Morgan fingerprint density at radius 3 is 2.32 bits per heavy atom. The van der Waals surface area contributed by atoms with E-state index in [9.17, 15) is 0 Å². The van der Waals surface area contributed by atoms with Crippen LogP contribution in [0.5, 0.6) is 11.5 Å². The molecule has 0 aliphatic carbocycles. The lowest BCUT2D eigenvalue weighted by Gasteiger charge is -2.21. The minimum Gasteiger partial charge on any atom is -0.496 e. The van der Waals surface area contributed by atoms with E-state index in [2.05, 4.69) is 22.1 Å². The molecule has 0 saturated carbocycles. The van der Waals surface area contributed by atoms with E-state index < -0.39 is 0 Å². The quantitative estimate of drug-likeness (QED) is 0.879. The van der Waals surface area contributed by atoms with E-state index in [-0.39, 0.29) is 6.04 Å². The van der Waals surface area contributed by atoms with Gasteiger partial charge in [-0.25, -0.2) is 0 Å². The average molecular weight is 277 g/mol. The third-order valence-corrected chi connectivity index (χ3v) is 3.91. The van der Waals surface area contributed by atoms with Crippen LogP contribution in [0.1, 0.15) is 17.2 Å². The number of hydrogen-bond donors (Lipinski definition) is 1. The van der Waals surface area contributed by atoms with Gasteiger partial charge >= 0.3 is 0 Å². The van der Waals surface area contributed by atoms with Crippen LogP contribution in [0, 0.1) is 0 Å². The molecule has 1 unspecified atom stereocenters. The van der Waals surface area contributed by atoms with Gasteiger partial charge in [0.15, 0.2) is 0 Å². The van der Waals surface area contributed by atoms with E-state index in [0.717, 1.165) is 23.5 Å². The molecule has 1 heterocycles. The molecule has 0 saturated heterocycles. The number of rotatable bonds is 6. The number of ether oxygens (including phenoxy) is 2. The molecule has 2 rings (SSSR count). The van der Waals surface area contributed by atoms with Gasteiger partial charge in [0.1, 0.15) is 11.5 Å². The van der Waals surface area contributed by atoms with Gasteiger partial charge in [-0.1, -0.05) is 6.07 Å². The first-order valence-corrected chi connectivity index (χ1v) is 7.13. The Balaban J connectivity index is 2.36. The van der Waals surface area contributed by atoms with Crippen molar-refractivity contribution >= 4 is 11.3 Å². The van der Waals surface area contributed by atoms with Gasteiger partial charge in [0.25, 0.3) is 0 Å². The van der Waals surface area contributed by atoms with Gasteiger partial charge in [-0.05, 0) is 48.0 Å². The van der Waals surface area contributed by atoms with Crippen LogP contribution in [0.2, 0.25) is 0 Å².